The third-order valence-corrected chi connectivity index (χ3v) is 5.61. The fraction of sp³-hybridized carbons (Fsp3) is 0.179. The molecule has 0 aliphatic carbocycles. The van der Waals surface area contributed by atoms with E-state index in [1.807, 2.05) is 0 Å². The lowest BCUT2D eigenvalue weighted by Crippen LogP contribution is -2.17. The number of nitrogens with one attached hydrogen (secondary N) is 1. The van der Waals surface area contributed by atoms with E-state index in [1.165, 1.54) is 13.2 Å². The molecule has 0 spiro atoms. The van der Waals surface area contributed by atoms with Gasteiger partial charge in [0, 0.05) is 11.1 Å². The number of halogens is 1. The lowest BCUT2D eigenvalue weighted by Gasteiger charge is -2.15. The van der Waals surface area contributed by atoms with E-state index < -0.39 is 24.0 Å². The van der Waals surface area contributed by atoms with Crippen LogP contribution in [0.25, 0.3) is 11.3 Å². The Bertz CT molecular complexity index is 1380. The number of amides is 1. The number of nitrogens with zero attached hydrogens (tertiary/aromatic N) is 1. The SMILES string of the molecule is COC(=O)c1ccc(COc2ccc(-c3onc(C)c3NC(=O)O[C@H](C)c3ccccc3F)cc2)cc1. The lowest BCUT2D eigenvalue weighted by atomic mass is 10.1. The highest BCUT2D eigenvalue weighted by Gasteiger charge is 2.21. The van der Waals surface area contributed by atoms with E-state index >= 15 is 0 Å². The van der Waals surface area contributed by atoms with Gasteiger partial charge in [-0.2, -0.15) is 0 Å². The molecule has 3 aromatic carbocycles. The van der Waals surface area contributed by atoms with Crippen molar-refractivity contribution in [1.82, 2.24) is 5.16 Å². The van der Waals surface area contributed by atoms with Crippen molar-refractivity contribution >= 4 is 17.7 Å². The van der Waals surface area contributed by atoms with Crippen LogP contribution in [0.15, 0.2) is 77.3 Å². The summed E-state index contributed by atoms with van der Waals surface area (Å²) < 4.78 is 35.3. The summed E-state index contributed by atoms with van der Waals surface area (Å²) in [5.74, 6) is 0.111. The van der Waals surface area contributed by atoms with Gasteiger partial charge in [0.05, 0.1) is 12.7 Å². The molecule has 0 saturated heterocycles. The lowest BCUT2D eigenvalue weighted by molar-refractivity contribution is 0.0600. The van der Waals surface area contributed by atoms with Crippen molar-refractivity contribution in [3.8, 4) is 17.1 Å². The zero-order valence-electron chi connectivity index (χ0n) is 20.5. The molecular weight excluding hydrogens is 479 g/mol. The van der Waals surface area contributed by atoms with Crippen LogP contribution in [-0.4, -0.2) is 24.3 Å². The van der Waals surface area contributed by atoms with Gasteiger partial charge in [0.2, 0.25) is 0 Å². The van der Waals surface area contributed by atoms with Crippen molar-refractivity contribution in [2.45, 2.75) is 26.6 Å². The maximum Gasteiger partial charge on any atom is 0.412 e. The zero-order chi connectivity index (χ0) is 26.4. The number of ether oxygens (including phenoxy) is 3. The van der Waals surface area contributed by atoms with Crippen molar-refractivity contribution in [1.29, 1.82) is 0 Å². The number of anilines is 1. The predicted octanol–water partition coefficient (Wildman–Crippen LogP) is 6.46. The highest BCUT2D eigenvalue weighted by Crippen LogP contribution is 2.32. The van der Waals surface area contributed by atoms with Gasteiger partial charge in [-0.15, -0.1) is 0 Å². The van der Waals surface area contributed by atoms with Gasteiger partial charge in [-0.3, -0.25) is 5.32 Å². The summed E-state index contributed by atoms with van der Waals surface area (Å²) in [6, 6.07) is 20.1. The quantitative estimate of drug-likeness (QED) is 0.275. The van der Waals surface area contributed by atoms with Gasteiger partial charge >= 0.3 is 12.1 Å². The highest BCUT2D eigenvalue weighted by molar-refractivity contribution is 5.91. The smallest absolute Gasteiger partial charge is 0.412 e. The van der Waals surface area contributed by atoms with Crippen LogP contribution in [0.2, 0.25) is 0 Å². The number of esters is 1. The van der Waals surface area contributed by atoms with Crippen molar-refractivity contribution in [2.75, 3.05) is 12.4 Å². The van der Waals surface area contributed by atoms with Gasteiger partial charge in [-0.25, -0.2) is 14.0 Å². The predicted molar refractivity (Wildman–Crippen MR) is 134 cm³/mol. The molecule has 1 N–H and O–H groups in total. The molecule has 0 unspecified atom stereocenters. The first-order valence-electron chi connectivity index (χ1n) is 11.4. The van der Waals surface area contributed by atoms with E-state index in [9.17, 15) is 14.0 Å². The van der Waals surface area contributed by atoms with Crippen LogP contribution < -0.4 is 10.1 Å². The minimum Gasteiger partial charge on any atom is -0.489 e. The average molecular weight is 505 g/mol. The highest BCUT2D eigenvalue weighted by atomic mass is 19.1. The van der Waals surface area contributed by atoms with Gasteiger partial charge in [-0.05, 0) is 61.9 Å². The number of methoxy groups -OCH3 is 1. The molecule has 0 bridgehead atoms. The Labute approximate surface area is 213 Å². The van der Waals surface area contributed by atoms with E-state index in [-0.39, 0.29) is 5.56 Å². The number of aryl methyl sites for hydroxylation is 1. The van der Waals surface area contributed by atoms with Crippen LogP contribution in [0, 0.1) is 12.7 Å². The van der Waals surface area contributed by atoms with E-state index in [0.717, 1.165) is 5.56 Å². The topological polar surface area (TPSA) is 99.9 Å². The molecule has 0 aliphatic heterocycles. The minimum absolute atomic E-state index is 0.273. The summed E-state index contributed by atoms with van der Waals surface area (Å²) >= 11 is 0. The number of carbonyl (C=O) groups is 2. The van der Waals surface area contributed by atoms with Crippen LogP contribution >= 0.6 is 0 Å². The Balaban J connectivity index is 1.39. The molecule has 37 heavy (non-hydrogen) atoms. The number of benzene rings is 3. The van der Waals surface area contributed by atoms with Gasteiger partial charge < -0.3 is 18.7 Å². The van der Waals surface area contributed by atoms with Crippen LogP contribution in [-0.2, 0) is 16.1 Å². The molecule has 1 amide bonds. The monoisotopic (exact) mass is 504 g/mol. The molecule has 0 fully saturated rings. The Morgan fingerprint density at radius 2 is 1.73 bits per heavy atom. The summed E-state index contributed by atoms with van der Waals surface area (Å²) in [6.07, 6.45) is -1.56. The molecule has 1 aromatic heterocycles. The molecule has 4 rings (SSSR count). The number of carbonyl (C=O) groups excluding carboxylic acids is 2. The summed E-state index contributed by atoms with van der Waals surface area (Å²) in [5.41, 5.74) is 3.10. The first-order valence-corrected chi connectivity index (χ1v) is 11.4. The molecule has 1 atom stereocenters. The van der Waals surface area contributed by atoms with Crippen molar-refractivity contribution in [3.05, 3.63) is 101 Å². The number of hydrogen-bond acceptors (Lipinski definition) is 7. The van der Waals surface area contributed by atoms with Crippen molar-refractivity contribution in [3.63, 3.8) is 0 Å². The van der Waals surface area contributed by atoms with Gasteiger partial charge in [0.1, 0.15) is 35.7 Å². The number of aromatic nitrogens is 1. The Morgan fingerprint density at radius 3 is 2.41 bits per heavy atom. The zero-order valence-corrected chi connectivity index (χ0v) is 20.5. The van der Waals surface area contributed by atoms with E-state index in [1.54, 1.807) is 80.6 Å². The van der Waals surface area contributed by atoms with E-state index in [0.29, 0.717) is 40.6 Å². The molecule has 4 aromatic rings. The average Bonchev–Trinajstić information content (AvgIpc) is 3.27. The number of hydrogen-bond donors (Lipinski definition) is 1. The maximum atomic E-state index is 14.0. The molecule has 8 nitrogen and oxygen atoms in total. The fourth-order valence-electron chi connectivity index (χ4n) is 3.60. The second-order valence-electron chi connectivity index (χ2n) is 8.17. The van der Waals surface area contributed by atoms with E-state index in [4.69, 9.17) is 18.7 Å². The molecule has 0 radical (unpaired) electrons. The van der Waals surface area contributed by atoms with Crippen molar-refractivity contribution in [2.24, 2.45) is 0 Å². The second kappa shape index (κ2) is 11.4. The summed E-state index contributed by atoms with van der Waals surface area (Å²) in [4.78, 5) is 24.1. The fourth-order valence-corrected chi connectivity index (χ4v) is 3.60. The first kappa shape index (κ1) is 25.4. The van der Waals surface area contributed by atoms with Crippen LogP contribution in [0.4, 0.5) is 14.9 Å². The van der Waals surface area contributed by atoms with Gasteiger partial charge in [0.25, 0.3) is 0 Å². The molecule has 0 saturated carbocycles. The second-order valence-corrected chi connectivity index (χ2v) is 8.17. The molecular formula is C28H25FN2O6. The Morgan fingerprint density at radius 1 is 1.03 bits per heavy atom. The minimum atomic E-state index is -0.794. The summed E-state index contributed by atoms with van der Waals surface area (Å²) in [6.45, 7) is 3.58. The standard InChI is InChI=1S/C28H25FN2O6/c1-17-25(30-28(33)36-18(2)23-6-4-5-7-24(23)29)26(37-31-17)20-12-14-22(15-13-20)35-16-19-8-10-21(11-9-19)27(32)34-3/h4-15,18H,16H2,1-3H3,(H,30,33)/t18-/m1/s1. The molecule has 190 valence electrons. The third kappa shape index (κ3) is 6.13. The van der Waals surface area contributed by atoms with E-state index in [2.05, 4.69) is 10.5 Å². The number of rotatable bonds is 8. The molecule has 9 heteroatoms. The van der Waals surface area contributed by atoms with Crippen LogP contribution in [0.5, 0.6) is 5.75 Å². The Kier molecular flexibility index (Phi) is 7.83. The van der Waals surface area contributed by atoms with Crippen LogP contribution in [0.1, 0.15) is 40.2 Å². The molecule has 0 aliphatic rings. The first-order chi connectivity index (χ1) is 17.9. The summed E-state index contributed by atoms with van der Waals surface area (Å²) in [5, 5.41) is 6.60. The molecule has 1 heterocycles. The Hall–Kier alpha value is -4.66. The summed E-state index contributed by atoms with van der Waals surface area (Å²) in [7, 11) is 1.34. The van der Waals surface area contributed by atoms with Gasteiger partial charge in [0.15, 0.2) is 5.76 Å². The van der Waals surface area contributed by atoms with Crippen molar-refractivity contribution < 1.29 is 32.7 Å². The van der Waals surface area contributed by atoms with Gasteiger partial charge in [-0.1, -0.05) is 35.5 Å². The third-order valence-electron chi connectivity index (χ3n) is 5.61. The maximum absolute atomic E-state index is 14.0. The van der Waals surface area contributed by atoms with Crippen LogP contribution in [0.3, 0.4) is 0 Å². The normalized spacial score (nSPS) is 11.5. The largest absolute Gasteiger partial charge is 0.489 e.